The van der Waals surface area contributed by atoms with Gasteiger partial charge in [-0.3, -0.25) is 4.79 Å². The SMILES string of the molecule is CC(C)(CN)C(=O)Cc1cccc(Cl)c1Cl. The van der Waals surface area contributed by atoms with Crippen molar-refractivity contribution in [3.63, 3.8) is 0 Å². The van der Waals surface area contributed by atoms with E-state index in [1.54, 1.807) is 18.2 Å². The third-order valence-electron chi connectivity index (χ3n) is 2.65. The highest BCUT2D eigenvalue weighted by Crippen LogP contribution is 2.27. The van der Waals surface area contributed by atoms with E-state index < -0.39 is 5.41 Å². The van der Waals surface area contributed by atoms with Crippen molar-refractivity contribution in [1.29, 1.82) is 0 Å². The minimum Gasteiger partial charge on any atom is -0.329 e. The van der Waals surface area contributed by atoms with Crippen molar-refractivity contribution in [3.05, 3.63) is 33.8 Å². The molecule has 0 aliphatic carbocycles. The highest BCUT2D eigenvalue weighted by Gasteiger charge is 2.26. The van der Waals surface area contributed by atoms with Crippen molar-refractivity contribution in [1.82, 2.24) is 0 Å². The van der Waals surface area contributed by atoms with Crippen LogP contribution in [0.3, 0.4) is 0 Å². The van der Waals surface area contributed by atoms with Gasteiger partial charge in [0, 0.05) is 18.4 Å². The Kier molecular flexibility index (Phi) is 4.36. The lowest BCUT2D eigenvalue weighted by molar-refractivity contribution is -0.125. The fraction of sp³-hybridized carbons (Fsp3) is 0.417. The lowest BCUT2D eigenvalue weighted by Gasteiger charge is -2.20. The molecule has 0 bridgehead atoms. The molecule has 0 spiro atoms. The summed E-state index contributed by atoms with van der Waals surface area (Å²) in [6.45, 7) is 3.98. The van der Waals surface area contributed by atoms with Gasteiger partial charge in [-0.25, -0.2) is 0 Å². The first-order valence-electron chi connectivity index (χ1n) is 5.05. The number of Topliss-reactive ketones (excluding diaryl/α,β-unsaturated/α-hetero) is 1. The lowest BCUT2D eigenvalue weighted by atomic mass is 9.85. The summed E-state index contributed by atoms with van der Waals surface area (Å²) < 4.78 is 0. The first kappa shape index (κ1) is 13.5. The van der Waals surface area contributed by atoms with Gasteiger partial charge in [-0.2, -0.15) is 0 Å². The smallest absolute Gasteiger partial charge is 0.144 e. The van der Waals surface area contributed by atoms with Gasteiger partial charge in [0.1, 0.15) is 5.78 Å². The summed E-state index contributed by atoms with van der Waals surface area (Å²) in [5, 5.41) is 0.919. The maximum atomic E-state index is 11.9. The van der Waals surface area contributed by atoms with E-state index in [9.17, 15) is 4.79 Å². The van der Waals surface area contributed by atoms with Crippen LogP contribution in [0.5, 0.6) is 0 Å². The molecule has 0 unspecified atom stereocenters. The van der Waals surface area contributed by atoms with E-state index in [1.165, 1.54) is 0 Å². The van der Waals surface area contributed by atoms with E-state index in [-0.39, 0.29) is 12.2 Å². The van der Waals surface area contributed by atoms with Crippen LogP contribution in [0.25, 0.3) is 0 Å². The molecule has 0 atom stereocenters. The molecule has 16 heavy (non-hydrogen) atoms. The lowest BCUT2D eigenvalue weighted by Crippen LogP contribution is -2.33. The van der Waals surface area contributed by atoms with Crippen molar-refractivity contribution >= 4 is 29.0 Å². The number of nitrogens with two attached hydrogens (primary N) is 1. The average molecular weight is 260 g/mol. The molecule has 0 aromatic heterocycles. The summed E-state index contributed by atoms with van der Waals surface area (Å²) in [5.41, 5.74) is 5.78. The molecular weight excluding hydrogens is 245 g/mol. The van der Waals surface area contributed by atoms with Crippen molar-refractivity contribution in [2.75, 3.05) is 6.54 Å². The molecule has 0 amide bonds. The Morgan fingerprint density at radius 2 is 2.00 bits per heavy atom. The quantitative estimate of drug-likeness (QED) is 0.903. The maximum absolute atomic E-state index is 11.9. The molecule has 2 nitrogen and oxygen atoms in total. The van der Waals surface area contributed by atoms with Gasteiger partial charge in [-0.1, -0.05) is 49.2 Å². The molecule has 88 valence electrons. The normalized spacial score (nSPS) is 11.6. The molecule has 1 aromatic carbocycles. The summed E-state index contributed by atoms with van der Waals surface area (Å²) in [4.78, 5) is 11.9. The van der Waals surface area contributed by atoms with E-state index in [4.69, 9.17) is 28.9 Å². The topological polar surface area (TPSA) is 43.1 Å². The Balaban J connectivity index is 2.90. The molecular formula is C12H15Cl2NO. The summed E-state index contributed by atoms with van der Waals surface area (Å²) in [6, 6.07) is 5.29. The van der Waals surface area contributed by atoms with Crippen LogP contribution in [0, 0.1) is 5.41 Å². The number of carbonyl (C=O) groups excluding carboxylic acids is 1. The highest BCUT2D eigenvalue weighted by atomic mass is 35.5. The zero-order chi connectivity index (χ0) is 12.3. The van der Waals surface area contributed by atoms with Gasteiger partial charge in [0.25, 0.3) is 0 Å². The minimum absolute atomic E-state index is 0.0687. The number of ketones is 1. The van der Waals surface area contributed by atoms with E-state index in [2.05, 4.69) is 0 Å². The monoisotopic (exact) mass is 259 g/mol. The van der Waals surface area contributed by atoms with Gasteiger partial charge in [0.05, 0.1) is 10.0 Å². The fourth-order valence-electron chi connectivity index (χ4n) is 1.21. The zero-order valence-electron chi connectivity index (χ0n) is 9.39. The third-order valence-corrected chi connectivity index (χ3v) is 3.51. The predicted molar refractivity (Wildman–Crippen MR) is 68.0 cm³/mol. The molecule has 0 aliphatic rings. The number of benzene rings is 1. The number of halogens is 2. The number of carbonyl (C=O) groups is 1. The van der Waals surface area contributed by atoms with Crippen LogP contribution in [0.15, 0.2) is 18.2 Å². The summed E-state index contributed by atoms with van der Waals surface area (Å²) in [7, 11) is 0. The van der Waals surface area contributed by atoms with Crippen molar-refractivity contribution in [3.8, 4) is 0 Å². The molecule has 0 radical (unpaired) electrons. The summed E-state index contributed by atoms with van der Waals surface area (Å²) >= 11 is 11.9. The van der Waals surface area contributed by atoms with Gasteiger partial charge in [-0.05, 0) is 11.6 Å². The number of rotatable bonds is 4. The standard InChI is InChI=1S/C12H15Cl2NO/c1-12(2,7-15)10(16)6-8-4-3-5-9(13)11(8)14/h3-5H,6-7,15H2,1-2H3. The second-order valence-electron chi connectivity index (χ2n) is 4.40. The van der Waals surface area contributed by atoms with Crippen LogP contribution in [0.4, 0.5) is 0 Å². The van der Waals surface area contributed by atoms with Gasteiger partial charge < -0.3 is 5.73 Å². The molecule has 4 heteroatoms. The van der Waals surface area contributed by atoms with Gasteiger partial charge in [0.15, 0.2) is 0 Å². The first-order valence-corrected chi connectivity index (χ1v) is 5.80. The van der Waals surface area contributed by atoms with Gasteiger partial charge in [0.2, 0.25) is 0 Å². The largest absolute Gasteiger partial charge is 0.329 e. The molecule has 1 rings (SSSR count). The molecule has 0 saturated heterocycles. The van der Waals surface area contributed by atoms with Crippen molar-refractivity contribution in [2.45, 2.75) is 20.3 Å². The first-order chi connectivity index (χ1) is 7.38. The highest BCUT2D eigenvalue weighted by molar-refractivity contribution is 6.42. The Hall–Kier alpha value is -0.570. The van der Waals surface area contributed by atoms with E-state index in [0.717, 1.165) is 5.56 Å². The Labute approximate surface area is 106 Å². The van der Waals surface area contributed by atoms with Crippen LogP contribution in [-0.2, 0) is 11.2 Å². The Morgan fingerprint density at radius 1 is 1.38 bits per heavy atom. The van der Waals surface area contributed by atoms with E-state index >= 15 is 0 Å². The predicted octanol–water partition coefficient (Wildman–Crippen LogP) is 3.09. The minimum atomic E-state index is -0.522. The van der Waals surface area contributed by atoms with Crippen molar-refractivity contribution in [2.24, 2.45) is 11.1 Å². The van der Waals surface area contributed by atoms with Crippen LogP contribution < -0.4 is 5.73 Å². The average Bonchev–Trinajstić information content (AvgIpc) is 2.24. The second kappa shape index (κ2) is 5.17. The van der Waals surface area contributed by atoms with E-state index in [0.29, 0.717) is 16.6 Å². The van der Waals surface area contributed by atoms with E-state index in [1.807, 2.05) is 13.8 Å². The zero-order valence-corrected chi connectivity index (χ0v) is 10.9. The molecule has 0 fully saturated rings. The van der Waals surface area contributed by atoms with Gasteiger partial charge >= 0.3 is 0 Å². The second-order valence-corrected chi connectivity index (χ2v) is 5.19. The van der Waals surface area contributed by atoms with Crippen LogP contribution in [0.1, 0.15) is 19.4 Å². The molecule has 0 heterocycles. The third kappa shape index (κ3) is 2.97. The summed E-state index contributed by atoms with van der Waals surface area (Å²) in [6.07, 6.45) is 0.267. The molecule has 1 aromatic rings. The number of hydrogen-bond acceptors (Lipinski definition) is 2. The van der Waals surface area contributed by atoms with Crippen LogP contribution >= 0.6 is 23.2 Å². The summed E-state index contributed by atoms with van der Waals surface area (Å²) in [5.74, 6) is 0.0687. The fourth-order valence-corrected chi connectivity index (χ4v) is 1.60. The Morgan fingerprint density at radius 3 is 2.56 bits per heavy atom. The molecule has 2 N–H and O–H groups in total. The number of hydrogen-bond donors (Lipinski definition) is 1. The molecule has 0 saturated carbocycles. The Bertz CT molecular complexity index is 402. The molecule has 0 aliphatic heterocycles. The van der Waals surface area contributed by atoms with Gasteiger partial charge in [-0.15, -0.1) is 0 Å². The van der Waals surface area contributed by atoms with Crippen LogP contribution in [-0.4, -0.2) is 12.3 Å². The van der Waals surface area contributed by atoms with Crippen LogP contribution in [0.2, 0.25) is 10.0 Å². The van der Waals surface area contributed by atoms with Crippen molar-refractivity contribution < 1.29 is 4.79 Å². The maximum Gasteiger partial charge on any atom is 0.144 e.